The van der Waals surface area contributed by atoms with Gasteiger partial charge < -0.3 is 0 Å². The van der Waals surface area contributed by atoms with Crippen LogP contribution in [-0.4, -0.2) is 0 Å². The molecule has 0 amide bonds. The van der Waals surface area contributed by atoms with E-state index in [9.17, 15) is 0 Å². The van der Waals surface area contributed by atoms with E-state index in [1.54, 1.807) is 0 Å². The van der Waals surface area contributed by atoms with Crippen LogP contribution in [0.4, 0.5) is 0 Å². The molecule has 15 heavy (non-hydrogen) atoms. The highest BCUT2D eigenvalue weighted by Gasteiger charge is 2.07. The number of allylic oxidation sites excluding steroid dienone is 7. The predicted molar refractivity (Wildman–Crippen MR) is 70.8 cm³/mol. The maximum absolute atomic E-state index is 4.04. The lowest BCUT2D eigenvalue weighted by Crippen LogP contribution is -2.00. The van der Waals surface area contributed by atoms with E-state index in [1.165, 1.54) is 5.57 Å². The van der Waals surface area contributed by atoms with Crippen molar-refractivity contribution in [2.75, 3.05) is 0 Å². The van der Waals surface area contributed by atoms with E-state index in [4.69, 9.17) is 0 Å². The Hall–Kier alpha value is -1.30. The first-order chi connectivity index (χ1) is 7.02. The lowest BCUT2D eigenvalue weighted by Gasteiger charge is -2.15. The maximum atomic E-state index is 4.04. The first-order valence-corrected chi connectivity index (χ1v) is 5.31. The third-order valence-electron chi connectivity index (χ3n) is 2.45. The summed E-state index contributed by atoms with van der Waals surface area (Å²) in [6, 6.07) is 0. The molecule has 0 spiro atoms. The lowest BCUT2D eigenvalue weighted by atomic mass is 9.91. The molecule has 0 nitrogen and oxygen atoms in total. The molecule has 0 aliphatic heterocycles. The quantitative estimate of drug-likeness (QED) is 0.541. The Labute approximate surface area is 94.4 Å². The van der Waals surface area contributed by atoms with E-state index >= 15 is 0 Å². The summed E-state index contributed by atoms with van der Waals surface area (Å²) in [5, 5.41) is 0. The molecule has 0 fully saturated rings. The van der Waals surface area contributed by atoms with Gasteiger partial charge in [-0.25, -0.2) is 0 Å². The zero-order valence-electron chi connectivity index (χ0n) is 10.2. The van der Waals surface area contributed by atoms with Gasteiger partial charge in [-0.15, -0.1) is 0 Å². The lowest BCUT2D eigenvalue weighted by molar-refractivity contribution is 0.690. The molecule has 0 saturated carbocycles. The second-order valence-corrected chi connectivity index (χ2v) is 3.88. The molecule has 0 aliphatic carbocycles. The molecule has 1 atom stereocenters. The van der Waals surface area contributed by atoms with Crippen LogP contribution in [0.3, 0.4) is 0 Å². The number of rotatable bonds is 6. The summed E-state index contributed by atoms with van der Waals surface area (Å²) < 4.78 is 0. The van der Waals surface area contributed by atoms with Crippen molar-refractivity contribution in [2.45, 2.75) is 27.2 Å². The minimum atomic E-state index is 0.428. The van der Waals surface area contributed by atoms with E-state index in [0.717, 1.165) is 17.6 Å². The smallest absolute Gasteiger partial charge is 0.0153 e. The molecule has 1 unspecified atom stereocenters. The van der Waals surface area contributed by atoms with E-state index in [2.05, 4.69) is 32.7 Å². The summed E-state index contributed by atoms with van der Waals surface area (Å²) in [6.07, 6.45) is 9.02. The van der Waals surface area contributed by atoms with Crippen molar-refractivity contribution in [1.82, 2.24) is 0 Å². The van der Waals surface area contributed by atoms with Gasteiger partial charge in [-0.1, -0.05) is 56.5 Å². The molecular weight excluding hydrogens is 180 g/mol. The van der Waals surface area contributed by atoms with Crippen molar-refractivity contribution in [3.05, 3.63) is 60.8 Å². The first-order valence-electron chi connectivity index (χ1n) is 5.31. The van der Waals surface area contributed by atoms with Gasteiger partial charge in [0.25, 0.3) is 0 Å². The van der Waals surface area contributed by atoms with Crippen molar-refractivity contribution in [3.8, 4) is 0 Å². The van der Waals surface area contributed by atoms with Crippen LogP contribution in [0, 0.1) is 5.92 Å². The van der Waals surface area contributed by atoms with Gasteiger partial charge >= 0.3 is 0 Å². The molecule has 0 saturated heterocycles. The molecule has 0 N–H and O–H groups in total. The summed E-state index contributed by atoms with van der Waals surface area (Å²) in [5.74, 6) is 0.428. The van der Waals surface area contributed by atoms with Crippen LogP contribution in [-0.2, 0) is 0 Å². The standard InChI is InChI=1S/C15H22/c1-7-9-10-15(8-2)11-13(5)14(6)12(3)4/h7-10,13H,2-3,6,11H2,1,4-5H3. The highest BCUT2D eigenvalue weighted by molar-refractivity contribution is 5.29. The second-order valence-electron chi connectivity index (χ2n) is 3.88. The topological polar surface area (TPSA) is 0 Å². The SMILES string of the molecule is C=CC(=CC=CC)CC(C)C(=C)C(=C)C. The van der Waals surface area contributed by atoms with Gasteiger partial charge in [-0.05, 0) is 37.3 Å². The predicted octanol–water partition coefficient (Wildman–Crippen LogP) is 4.83. The maximum Gasteiger partial charge on any atom is -0.0153 e. The third-order valence-corrected chi connectivity index (χ3v) is 2.45. The van der Waals surface area contributed by atoms with Crippen LogP contribution in [0.5, 0.6) is 0 Å². The van der Waals surface area contributed by atoms with Gasteiger partial charge in [0.2, 0.25) is 0 Å². The molecule has 0 aromatic heterocycles. The Kier molecular flexibility index (Phi) is 6.44. The average molecular weight is 202 g/mol. The molecule has 0 aromatic carbocycles. The molecule has 0 heterocycles. The summed E-state index contributed by atoms with van der Waals surface area (Å²) in [7, 11) is 0. The average Bonchev–Trinajstić information content (AvgIpc) is 2.22. The van der Waals surface area contributed by atoms with Crippen molar-refractivity contribution in [1.29, 1.82) is 0 Å². The third kappa shape index (κ3) is 5.21. The Morgan fingerprint density at radius 2 is 1.93 bits per heavy atom. The van der Waals surface area contributed by atoms with Crippen LogP contribution in [0.15, 0.2) is 60.8 Å². The minimum Gasteiger partial charge on any atom is -0.0988 e. The van der Waals surface area contributed by atoms with Gasteiger partial charge in [0.05, 0.1) is 0 Å². The van der Waals surface area contributed by atoms with Crippen LogP contribution in [0.25, 0.3) is 0 Å². The van der Waals surface area contributed by atoms with Gasteiger partial charge in [0, 0.05) is 0 Å². The van der Waals surface area contributed by atoms with Crippen molar-refractivity contribution >= 4 is 0 Å². The van der Waals surface area contributed by atoms with Crippen LogP contribution in [0.2, 0.25) is 0 Å². The normalized spacial score (nSPS) is 13.9. The molecule has 0 aliphatic rings. The second kappa shape index (κ2) is 7.05. The highest BCUT2D eigenvalue weighted by Crippen LogP contribution is 2.23. The molecular formula is C15H22. The van der Waals surface area contributed by atoms with Crippen molar-refractivity contribution < 1.29 is 0 Å². The summed E-state index contributed by atoms with van der Waals surface area (Å²) in [6.45, 7) is 18.0. The molecule has 0 bridgehead atoms. The fourth-order valence-corrected chi connectivity index (χ4v) is 1.34. The summed E-state index contributed by atoms with van der Waals surface area (Å²) >= 11 is 0. The van der Waals surface area contributed by atoms with Crippen molar-refractivity contribution in [3.63, 3.8) is 0 Å². The highest BCUT2D eigenvalue weighted by atomic mass is 14.1. The fourth-order valence-electron chi connectivity index (χ4n) is 1.34. The minimum absolute atomic E-state index is 0.428. The van der Waals surface area contributed by atoms with E-state index in [1.807, 2.05) is 32.1 Å². The summed E-state index contributed by atoms with van der Waals surface area (Å²) in [5.41, 5.74) is 3.43. The van der Waals surface area contributed by atoms with Crippen LogP contribution in [0.1, 0.15) is 27.2 Å². The number of hydrogen-bond acceptors (Lipinski definition) is 0. The van der Waals surface area contributed by atoms with Crippen LogP contribution < -0.4 is 0 Å². The van der Waals surface area contributed by atoms with E-state index in [0.29, 0.717) is 5.92 Å². The molecule has 0 aromatic rings. The Bertz CT molecular complexity index is 300. The monoisotopic (exact) mass is 202 g/mol. The zero-order chi connectivity index (χ0) is 11.8. The molecule has 82 valence electrons. The van der Waals surface area contributed by atoms with Gasteiger partial charge in [0.15, 0.2) is 0 Å². The van der Waals surface area contributed by atoms with Crippen molar-refractivity contribution in [2.24, 2.45) is 5.92 Å². The Morgan fingerprint density at radius 1 is 1.33 bits per heavy atom. The van der Waals surface area contributed by atoms with Crippen LogP contribution >= 0.6 is 0 Å². The zero-order valence-corrected chi connectivity index (χ0v) is 10.2. The van der Waals surface area contributed by atoms with E-state index < -0.39 is 0 Å². The molecule has 0 rings (SSSR count). The Morgan fingerprint density at radius 3 is 2.33 bits per heavy atom. The Balaban J connectivity index is 4.50. The van der Waals surface area contributed by atoms with Gasteiger partial charge in [0.1, 0.15) is 0 Å². The van der Waals surface area contributed by atoms with E-state index in [-0.39, 0.29) is 0 Å². The molecule has 0 heteroatoms. The summed E-state index contributed by atoms with van der Waals surface area (Å²) in [4.78, 5) is 0. The fraction of sp³-hybridized carbons (Fsp3) is 0.333. The first kappa shape index (κ1) is 13.7. The van der Waals surface area contributed by atoms with Gasteiger partial charge in [-0.3, -0.25) is 0 Å². The molecule has 0 radical (unpaired) electrons. The number of hydrogen-bond donors (Lipinski definition) is 0. The largest absolute Gasteiger partial charge is 0.0988 e. The van der Waals surface area contributed by atoms with Gasteiger partial charge in [-0.2, -0.15) is 0 Å².